The van der Waals surface area contributed by atoms with Crippen molar-refractivity contribution < 1.29 is 8.83 Å². The summed E-state index contributed by atoms with van der Waals surface area (Å²) >= 11 is 0. The molecule has 0 unspecified atom stereocenters. The van der Waals surface area contributed by atoms with Crippen LogP contribution in [-0.4, -0.2) is 16.1 Å². The number of fused-ring (bicyclic) bond motifs is 9. The second kappa shape index (κ2) is 13.7. The molecule has 11 aromatic rings. The molecule has 60 heavy (non-hydrogen) atoms. The molecule has 0 fully saturated rings. The molecule has 0 atom stereocenters. The molecule has 1 aliphatic rings. The number of rotatable bonds is 5. The molecule has 0 bridgehead atoms. The van der Waals surface area contributed by atoms with E-state index in [0.29, 0.717) is 5.84 Å². The van der Waals surface area contributed by atoms with Gasteiger partial charge in [0.15, 0.2) is 5.84 Å². The fraction of sp³-hybridized carbons (Fsp3) is 0.0545. The number of furan rings is 2. The maximum atomic E-state index is 6.89. The SMILES string of the molecule is C/C1=C(/c2ccc3c(c2)oc2ccccc23)N=C(c2cccc3oc4c(-c5ccc6c(c5)c5ccccc5n6-c5ccccc5)cccc4c23)N=C(c2ccccc2)CC1. The first kappa shape index (κ1) is 34.3. The maximum Gasteiger partial charge on any atom is 0.160 e. The van der Waals surface area contributed by atoms with Gasteiger partial charge >= 0.3 is 0 Å². The predicted octanol–water partition coefficient (Wildman–Crippen LogP) is 14.7. The molecular weight excluding hydrogens is 735 g/mol. The molecule has 5 nitrogen and oxygen atoms in total. The summed E-state index contributed by atoms with van der Waals surface area (Å²) in [6.07, 6.45) is 1.61. The van der Waals surface area contributed by atoms with Gasteiger partial charge in [0.2, 0.25) is 0 Å². The van der Waals surface area contributed by atoms with E-state index in [0.717, 1.165) is 102 Å². The molecule has 0 aliphatic carbocycles. The monoisotopic (exact) mass is 771 g/mol. The molecule has 0 N–H and O–H groups in total. The quantitative estimate of drug-likeness (QED) is 0.175. The molecule has 1 aliphatic heterocycles. The lowest BCUT2D eigenvalue weighted by molar-refractivity contribution is 0.668. The first-order chi connectivity index (χ1) is 29.7. The number of benzene rings is 8. The highest BCUT2D eigenvalue weighted by Gasteiger charge is 2.22. The zero-order chi connectivity index (χ0) is 39.7. The highest BCUT2D eigenvalue weighted by molar-refractivity contribution is 6.24. The Labute approximate surface area is 345 Å². The van der Waals surface area contributed by atoms with Gasteiger partial charge in [-0.15, -0.1) is 0 Å². The number of aliphatic imine (C=N–C) groups is 2. The van der Waals surface area contributed by atoms with Gasteiger partial charge in [-0.2, -0.15) is 0 Å². The Balaban J connectivity index is 1.05. The fourth-order valence-electron chi connectivity index (χ4n) is 9.24. The van der Waals surface area contributed by atoms with Crippen LogP contribution in [0.1, 0.15) is 36.5 Å². The van der Waals surface area contributed by atoms with E-state index in [1.807, 2.05) is 12.1 Å². The van der Waals surface area contributed by atoms with Gasteiger partial charge in [-0.1, -0.05) is 127 Å². The summed E-state index contributed by atoms with van der Waals surface area (Å²) in [7, 11) is 0. The lowest BCUT2D eigenvalue weighted by Gasteiger charge is -2.16. The minimum atomic E-state index is 0.654. The van der Waals surface area contributed by atoms with Crippen molar-refractivity contribution in [2.45, 2.75) is 19.8 Å². The van der Waals surface area contributed by atoms with E-state index in [4.69, 9.17) is 18.8 Å². The Bertz CT molecular complexity index is 3600. The number of para-hydroxylation sites is 4. The van der Waals surface area contributed by atoms with Crippen molar-refractivity contribution in [1.29, 1.82) is 0 Å². The van der Waals surface area contributed by atoms with Crippen LogP contribution in [0.3, 0.4) is 0 Å². The van der Waals surface area contributed by atoms with Crippen molar-refractivity contribution in [2.75, 3.05) is 0 Å². The summed E-state index contributed by atoms with van der Waals surface area (Å²) in [6.45, 7) is 2.20. The van der Waals surface area contributed by atoms with Crippen LogP contribution < -0.4 is 0 Å². The molecule has 3 aromatic heterocycles. The normalized spacial score (nSPS) is 14.9. The number of amidine groups is 1. The van der Waals surface area contributed by atoms with Crippen LogP contribution in [0.15, 0.2) is 206 Å². The van der Waals surface area contributed by atoms with Gasteiger partial charge in [0.05, 0.1) is 22.4 Å². The smallest absolute Gasteiger partial charge is 0.160 e. The molecule has 0 spiro atoms. The van der Waals surface area contributed by atoms with Crippen molar-refractivity contribution in [3.63, 3.8) is 0 Å². The zero-order valence-electron chi connectivity index (χ0n) is 32.9. The van der Waals surface area contributed by atoms with Crippen LogP contribution >= 0.6 is 0 Å². The van der Waals surface area contributed by atoms with E-state index in [-0.39, 0.29) is 0 Å². The largest absolute Gasteiger partial charge is 0.456 e. The van der Waals surface area contributed by atoms with Crippen LogP contribution in [-0.2, 0) is 0 Å². The second-order valence-electron chi connectivity index (χ2n) is 15.7. The molecule has 0 saturated carbocycles. The lowest BCUT2D eigenvalue weighted by Crippen LogP contribution is -2.10. The van der Waals surface area contributed by atoms with Gasteiger partial charge in [-0.3, -0.25) is 0 Å². The molecular formula is C55H37N3O2. The molecule has 5 heteroatoms. The van der Waals surface area contributed by atoms with Crippen LogP contribution in [0.4, 0.5) is 0 Å². The second-order valence-corrected chi connectivity index (χ2v) is 15.7. The van der Waals surface area contributed by atoms with Gasteiger partial charge in [0.25, 0.3) is 0 Å². The molecule has 0 saturated heterocycles. The highest BCUT2D eigenvalue weighted by atomic mass is 16.3. The van der Waals surface area contributed by atoms with Crippen molar-refractivity contribution in [1.82, 2.24) is 4.57 Å². The highest BCUT2D eigenvalue weighted by Crippen LogP contribution is 2.41. The number of aromatic nitrogens is 1. The Morgan fingerprint density at radius 1 is 0.450 bits per heavy atom. The van der Waals surface area contributed by atoms with E-state index in [1.165, 1.54) is 27.4 Å². The Morgan fingerprint density at radius 3 is 2.02 bits per heavy atom. The van der Waals surface area contributed by atoms with Crippen molar-refractivity contribution in [3.8, 4) is 16.8 Å². The fourth-order valence-corrected chi connectivity index (χ4v) is 9.24. The van der Waals surface area contributed by atoms with E-state index in [2.05, 4.69) is 181 Å². The minimum Gasteiger partial charge on any atom is -0.456 e. The lowest BCUT2D eigenvalue weighted by atomic mass is 9.96. The summed E-state index contributed by atoms with van der Waals surface area (Å²) in [4.78, 5) is 11.0. The van der Waals surface area contributed by atoms with Crippen molar-refractivity contribution >= 4 is 82.9 Å². The van der Waals surface area contributed by atoms with Crippen LogP contribution in [0, 0.1) is 0 Å². The number of hydrogen-bond donors (Lipinski definition) is 0. The summed E-state index contributed by atoms with van der Waals surface area (Å²) in [6, 6.07) is 63.9. The third-order valence-electron chi connectivity index (χ3n) is 12.1. The summed E-state index contributed by atoms with van der Waals surface area (Å²) in [5, 5.41) is 6.64. The van der Waals surface area contributed by atoms with E-state index < -0.39 is 0 Å². The first-order valence-electron chi connectivity index (χ1n) is 20.5. The van der Waals surface area contributed by atoms with Crippen molar-refractivity contribution in [3.05, 3.63) is 204 Å². The van der Waals surface area contributed by atoms with Crippen LogP contribution in [0.25, 0.3) is 88.2 Å². The first-order valence-corrected chi connectivity index (χ1v) is 20.5. The van der Waals surface area contributed by atoms with E-state index >= 15 is 0 Å². The Hall–Kier alpha value is -7.76. The van der Waals surface area contributed by atoms with Crippen LogP contribution in [0.5, 0.6) is 0 Å². The molecule has 0 radical (unpaired) electrons. The van der Waals surface area contributed by atoms with Gasteiger partial charge in [0.1, 0.15) is 22.3 Å². The summed E-state index contributed by atoms with van der Waals surface area (Å²) in [5.74, 6) is 0.654. The standard InChI is InChI=1S/C55H37N3O2/c1-34-26-30-46(35-14-4-2-5-15-35)56-55(57-53(34)37-27-29-42-41-19-9-11-24-49(41)59-51(42)33-37)44-22-13-25-50-52(44)43-21-12-20-39(54(43)60-50)36-28-31-48-45(32-36)40-18-8-10-23-47(40)58(48)38-16-6-3-7-17-38/h2-25,27-29,31-33H,26,30H2,1H3/b53-34+,56-46?,57-55?. The summed E-state index contributed by atoms with van der Waals surface area (Å²) < 4.78 is 15.6. The molecule has 12 rings (SSSR count). The molecule has 4 heterocycles. The number of nitrogens with zero attached hydrogens (tertiary/aromatic N) is 3. The van der Waals surface area contributed by atoms with E-state index in [9.17, 15) is 0 Å². The van der Waals surface area contributed by atoms with E-state index in [1.54, 1.807) is 0 Å². The maximum absolute atomic E-state index is 6.89. The Kier molecular flexibility index (Phi) is 7.82. The third-order valence-corrected chi connectivity index (χ3v) is 12.1. The average molecular weight is 772 g/mol. The van der Waals surface area contributed by atoms with Gasteiger partial charge in [-0.25, -0.2) is 9.98 Å². The topological polar surface area (TPSA) is 55.9 Å². The van der Waals surface area contributed by atoms with Crippen molar-refractivity contribution in [2.24, 2.45) is 9.98 Å². The van der Waals surface area contributed by atoms with Crippen LogP contribution in [0.2, 0.25) is 0 Å². The molecule has 284 valence electrons. The summed E-state index contributed by atoms with van der Waals surface area (Å²) in [5.41, 5.74) is 15.1. The van der Waals surface area contributed by atoms with Gasteiger partial charge < -0.3 is 13.4 Å². The predicted molar refractivity (Wildman–Crippen MR) is 249 cm³/mol. The zero-order valence-corrected chi connectivity index (χ0v) is 32.9. The number of hydrogen-bond acceptors (Lipinski definition) is 4. The third kappa shape index (κ3) is 5.47. The number of allylic oxidation sites excluding steroid dienone is 1. The minimum absolute atomic E-state index is 0.654. The molecule has 0 amide bonds. The average Bonchev–Trinajstić information content (AvgIpc) is 3.98. The van der Waals surface area contributed by atoms with Gasteiger partial charge in [0, 0.05) is 54.7 Å². The Morgan fingerprint density at radius 2 is 1.13 bits per heavy atom. The molecule has 8 aromatic carbocycles. The van der Waals surface area contributed by atoms with Gasteiger partial charge in [-0.05, 0) is 91.1 Å².